The van der Waals surface area contributed by atoms with E-state index in [-0.39, 0.29) is 24.5 Å². The van der Waals surface area contributed by atoms with Gasteiger partial charge in [0.15, 0.2) is 0 Å². The van der Waals surface area contributed by atoms with Crippen molar-refractivity contribution in [1.29, 1.82) is 0 Å². The Labute approximate surface area is 199 Å². The molecule has 0 aliphatic carbocycles. The number of nitrogens with one attached hydrogen (secondary N) is 2. The van der Waals surface area contributed by atoms with Gasteiger partial charge < -0.3 is 15.7 Å². The molecule has 3 N–H and O–H groups in total. The lowest BCUT2D eigenvalue weighted by atomic mass is 10.0. The van der Waals surface area contributed by atoms with Crippen molar-refractivity contribution in [3.05, 3.63) is 35.6 Å². The lowest BCUT2D eigenvalue weighted by molar-refractivity contribution is -0.122. The first-order chi connectivity index (χ1) is 15.6. The maximum absolute atomic E-state index is 13.3. The molecule has 1 rings (SSSR count). The summed E-state index contributed by atoms with van der Waals surface area (Å²) in [4.78, 5) is 12.6. The summed E-state index contributed by atoms with van der Waals surface area (Å²) >= 11 is 0. The first-order valence-corrected chi connectivity index (χ1v) is 13.6. The van der Waals surface area contributed by atoms with Gasteiger partial charge in [0.2, 0.25) is 15.9 Å². The molecule has 190 valence electrons. The monoisotopic (exact) mass is 487 g/mol. The number of rotatable bonds is 17. The molecule has 0 aromatic heterocycles. The van der Waals surface area contributed by atoms with Crippen molar-refractivity contribution in [3.63, 3.8) is 0 Å². The summed E-state index contributed by atoms with van der Waals surface area (Å²) < 4.78 is 40.0. The lowest BCUT2D eigenvalue weighted by Gasteiger charge is -2.25. The second-order valence-electron chi connectivity index (χ2n) is 8.92. The number of aliphatic hydroxyl groups excluding tert-OH is 1. The number of amides is 1. The van der Waals surface area contributed by atoms with E-state index in [1.807, 2.05) is 13.8 Å². The Balaban J connectivity index is 2.77. The van der Waals surface area contributed by atoms with Gasteiger partial charge in [-0.2, -0.15) is 0 Å². The molecule has 0 aliphatic heterocycles. The molecule has 1 aromatic rings. The highest BCUT2D eigenvalue weighted by molar-refractivity contribution is 7.89. The smallest absolute Gasteiger partial charge is 0.221 e. The molecular weight excluding hydrogens is 445 g/mol. The van der Waals surface area contributed by atoms with Crippen molar-refractivity contribution >= 4 is 15.9 Å². The molecule has 0 aliphatic rings. The van der Waals surface area contributed by atoms with E-state index < -0.39 is 28.1 Å². The van der Waals surface area contributed by atoms with Gasteiger partial charge in [-0.05, 0) is 55.8 Å². The fourth-order valence-corrected chi connectivity index (χ4v) is 5.08. The van der Waals surface area contributed by atoms with Crippen LogP contribution in [0.25, 0.3) is 0 Å². The summed E-state index contributed by atoms with van der Waals surface area (Å²) in [5.74, 6) is -0.527. The topological polar surface area (TPSA) is 98.7 Å². The van der Waals surface area contributed by atoms with E-state index in [9.17, 15) is 22.7 Å². The van der Waals surface area contributed by atoms with Crippen molar-refractivity contribution in [3.8, 4) is 0 Å². The summed E-state index contributed by atoms with van der Waals surface area (Å²) in [5.41, 5.74) is 0.771. The van der Waals surface area contributed by atoms with Crippen LogP contribution in [0, 0.1) is 11.7 Å². The van der Waals surface area contributed by atoms with Crippen molar-refractivity contribution in [2.24, 2.45) is 5.92 Å². The zero-order valence-corrected chi connectivity index (χ0v) is 21.3. The number of aliphatic hydroxyl groups is 1. The Morgan fingerprint density at radius 2 is 1.73 bits per heavy atom. The number of benzene rings is 1. The van der Waals surface area contributed by atoms with E-state index in [1.54, 1.807) is 12.1 Å². The Morgan fingerprint density at radius 3 is 2.27 bits per heavy atom. The van der Waals surface area contributed by atoms with Crippen molar-refractivity contribution in [1.82, 2.24) is 14.9 Å². The summed E-state index contributed by atoms with van der Waals surface area (Å²) in [7, 11) is -3.53. The molecule has 2 atom stereocenters. The minimum atomic E-state index is -3.53. The molecule has 0 spiro atoms. The molecule has 1 amide bonds. The van der Waals surface area contributed by atoms with Crippen LogP contribution in [0.4, 0.5) is 4.39 Å². The standard InChI is InChI=1S/C24H42FN3O4S/c1-5-14-28(15-6-2)33(31,32)16-12-24(30)27-22(17-20-7-9-21(25)10-8-20)23(29)18-26-13-11-19(3)4/h7-10,19,22-23,26,29H,5-6,11-18H2,1-4H3,(H,27,30)/t22-,23+/m0/s1. The van der Waals surface area contributed by atoms with Crippen LogP contribution < -0.4 is 10.6 Å². The van der Waals surface area contributed by atoms with Gasteiger partial charge in [-0.15, -0.1) is 0 Å². The third kappa shape index (κ3) is 11.9. The largest absolute Gasteiger partial charge is 0.390 e. The SMILES string of the molecule is CCCN(CCC)S(=O)(=O)CCC(=O)N[C@@H](Cc1ccc(F)cc1)[C@H](O)CNCCC(C)C. The fourth-order valence-electron chi connectivity index (χ4n) is 3.46. The van der Waals surface area contributed by atoms with Crippen LogP contribution in [0.5, 0.6) is 0 Å². The highest BCUT2D eigenvalue weighted by Gasteiger charge is 2.25. The van der Waals surface area contributed by atoms with Crippen molar-refractivity contribution < 1.29 is 22.7 Å². The fraction of sp³-hybridized carbons (Fsp3) is 0.708. The van der Waals surface area contributed by atoms with Gasteiger partial charge in [-0.1, -0.05) is 39.8 Å². The van der Waals surface area contributed by atoms with E-state index in [0.29, 0.717) is 38.3 Å². The van der Waals surface area contributed by atoms with E-state index in [1.165, 1.54) is 16.4 Å². The minimum absolute atomic E-state index is 0.181. The molecule has 1 aromatic carbocycles. The van der Waals surface area contributed by atoms with Crippen molar-refractivity contribution in [2.45, 2.75) is 71.9 Å². The Morgan fingerprint density at radius 1 is 1.12 bits per heavy atom. The molecule has 0 bridgehead atoms. The van der Waals surface area contributed by atoms with Gasteiger partial charge in [0.1, 0.15) is 5.82 Å². The van der Waals surface area contributed by atoms with Crippen LogP contribution >= 0.6 is 0 Å². The normalized spacial score (nSPS) is 13.9. The molecule has 0 radical (unpaired) electrons. The summed E-state index contributed by atoms with van der Waals surface area (Å²) in [5, 5.41) is 16.7. The van der Waals surface area contributed by atoms with Crippen LogP contribution in [0.15, 0.2) is 24.3 Å². The number of hydrogen-bond donors (Lipinski definition) is 3. The summed E-state index contributed by atoms with van der Waals surface area (Å²) in [6, 6.07) is 5.28. The Kier molecular flexibility index (Phi) is 13.7. The number of halogens is 1. The van der Waals surface area contributed by atoms with Crippen LogP contribution in [0.2, 0.25) is 0 Å². The highest BCUT2D eigenvalue weighted by atomic mass is 32.2. The quantitative estimate of drug-likeness (QED) is 0.294. The van der Waals surface area contributed by atoms with Crippen LogP contribution in [0.1, 0.15) is 58.9 Å². The van der Waals surface area contributed by atoms with Gasteiger partial charge in [-0.25, -0.2) is 17.1 Å². The molecule has 0 saturated heterocycles. The predicted molar refractivity (Wildman–Crippen MR) is 131 cm³/mol. The van der Waals surface area contributed by atoms with Gasteiger partial charge in [0, 0.05) is 26.1 Å². The lowest BCUT2D eigenvalue weighted by Crippen LogP contribution is -2.49. The Bertz CT molecular complexity index is 781. The maximum atomic E-state index is 13.3. The first kappa shape index (κ1) is 29.5. The van der Waals surface area contributed by atoms with Crippen molar-refractivity contribution in [2.75, 3.05) is 31.9 Å². The molecule has 7 nitrogen and oxygen atoms in total. The van der Waals surface area contributed by atoms with E-state index >= 15 is 0 Å². The second kappa shape index (κ2) is 15.4. The van der Waals surface area contributed by atoms with E-state index in [4.69, 9.17) is 0 Å². The third-order valence-electron chi connectivity index (χ3n) is 5.36. The summed E-state index contributed by atoms with van der Waals surface area (Å²) in [6.07, 6.45) is 1.64. The zero-order chi connectivity index (χ0) is 24.9. The second-order valence-corrected chi connectivity index (χ2v) is 11.0. The van der Waals surface area contributed by atoms with Gasteiger partial charge in [0.05, 0.1) is 17.9 Å². The molecule has 0 unspecified atom stereocenters. The van der Waals surface area contributed by atoms with Gasteiger partial charge >= 0.3 is 0 Å². The average molecular weight is 488 g/mol. The van der Waals surface area contributed by atoms with E-state index in [2.05, 4.69) is 24.5 Å². The van der Waals surface area contributed by atoms with E-state index in [0.717, 1.165) is 18.5 Å². The van der Waals surface area contributed by atoms with Crippen LogP contribution in [-0.2, 0) is 21.2 Å². The predicted octanol–water partition coefficient (Wildman–Crippen LogP) is 2.69. The highest BCUT2D eigenvalue weighted by Crippen LogP contribution is 2.10. The number of nitrogens with zero attached hydrogens (tertiary/aromatic N) is 1. The van der Waals surface area contributed by atoms with Crippen LogP contribution in [-0.4, -0.2) is 67.8 Å². The maximum Gasteiger partial charge on any atom is 0.221 e. The Hall–Kier alpha value is -1.55. The number of carbonyl (C=O) groups excluding carboxylic acids is 1. The number of sulfonamides is 1. The number of hydrogen-bond acceptors (Lipinski definition) is 5. The molecule has 9 heteroatoms. The minimum Gasteiger partial charge on any atom is -0.390 e. The molecule has 0 heterocycles. The first-order valence-electron chi connectivity index (χ1n) is 12.0. The number of carbonyl (C=O) groups is 1. The van der Waals surface area contributed by atoms with Gasteiger partial charge in [0.25, 0.3) is 0 Å². The molecule has 0 fully saturated rings. The zero-order valence-electron chi connectivity index (χ0n) is 20.5. The summed E-state index contributed by atoms with van der Waals surface area (Å²) in [6.45, 7) is 9.98. The average Bonchev–Trinajstić information content (AvgIpc) is 2.76. The van der Waals surface area contributed by atoms with Gasteiger partial charge in [-0.3, -0.25) is 4.79 Å². The molecule has 33 heavy (non-hydrogen) atoms. The molecular formula is C24H42FN3O4S. The van der Waals surface area contributed by atoms with Crippen LogP contribution in [0.3, 0.4) is 0 Å². The molecule has 0 saturated carbocycles. The third-order valence-corrected chi connectivity index (χ3v) is 7.23.